The molecule has 3 rings (SSSR count). The molecule has 0 saturated carbocycles. The molecule has 156 valence electrons. The first-order valence-corrected chi connectivity index (χ1v) is 10.2. The molecule has 1 saturated heterocycles. The van der Waals surface area contributed by atoms with Gasteiger partial charge in [-0.3, -0.25) is 4.79 Å². The zero-order valence-corrected chi connectivity index (χ0v) is 17.3. The van der Waals surface area contributed by atoms with Gasteiger partial charge in [0, 0.05) is 30.9 Å². The maximum atomic E-state index is 12.9. The molecule has 1 fully saturated rings. The molecular weight excluding hydrogens is 370 g/mol. The van der Waals surface area contributed by atoms with Crippen LogP contribution in [-0.2, 0) is 0 Å². The maximum Gasteiger partial charge on any atom is 0.251 e. The maximum absolute atomic E-state index is 12.9. The lowest BCUT2D eigenvalue weighted by Crippen LogP contribution is -2.37. The van der Waals surface area contributed by atoms with Crippen molar-refractivity contribution in [1.82, 2.24) is 10.3 Å². The lowest BCUT2D eigenvalue weighted by atomic mass is 10.1. The normalized spacial score (nSPS) is 15.8. The van der Waals surface area contributed by atoms with Gasteiger partial charge in [0.05, 0.1) is 19.8 Å². The third-order valence-electron chi connectivity index (χ3n) is 4.67. The van der Waals surface area contributed by atoms with Gasteiger partial charge < -0.3 is 24.4 Å². The van der Waals surface area contributed by atoms with Crippen LogP contribution in [0.1, 0.15) is 37.6 Å². The van der Waals surface area contributed by atoms with E-state index in [0.29, 0.717) is 42.6 Å². The van der Waals surface area contributed by atoms with Crippen molar-refractivity contribution in [1.29, 1.82) is 0 Å². The van der Waals surface area contributed by atoms with Crippen molar-refractivity contribution in [3.63, 3.8) is 0 Å². The second-order valence-corrected chi connectivity index (χ2v) is 6.69. The molecule has 29 heavy (non-hydrogen) atoms. The summed E-state index contributed by atoms with van der Waals surface area (Å²) in [4.78, 5) is 19.5. The van der Waals surface area contributed by atoms with E-state index in [4.69, 9.17) is 14.2 Å². The number of ether oxygens (including phenoxy) is 3. The van der Waals surface area contributed by atoms with Crippen LogP contribution in [0.5, 0.6) is 17.2 Å². The summed E-state index contributed by atoms with van der Waals surface area (Å²) >= 11 is 0. The van der Waals surface area contributed by atoms with E-state index >= 15 is 0 Å². The molecule has 1 aliphatic heterocycles. The van der Waals surface area contributed by atoms with E-state index in [1.807, 2.05) is 39.0 Å². The third-order valence-corrected chi connectivity index (χ3v) is 4.67. The zero-order valence-electron chi connectivity index (χ0n) is 17.3. The van der Waals surface area contributed by atoms with Gasteiger partial charge >= 0.3 is 0 Å². The predicted octanol–water partition coefficient (Wildman–Crippen LogP) is 3.29. The first kappa shape index (κ1) is 20.8. The second kappa shape index (κ2) is 10.0. The monoisotopic (exact) mass is 399 g/mol. The molecule has 7 nitrogen and oxygen atoms in total. The number of benzene rings is 1. The molecule has 1 aromatic carbocycles. The fourth-order valence-corrected chi connectivity index (χ4v) is 3.42. The number of nitrogens with one attached hydrogen (secondary N) is 1. The van der Waals surface area contributed by atoms with Gasteiger partial charge in [-0.1, -0.05) is 6.07 Å². The molecule has 1 atom stereocenters. The fraction of sp³-hybridized carbons (Fsp3) is 0.455. The largest absolute Gasteiger partial charge is 0.490 e. The van der Waals surface area contributed by atoms with E-state index in [0.717, 1.165) is 25.3 Å². The van der Waals surface area contributed by atoms with E-state index < -0.39 is 0 Å². The highest BCUT2D eigenvalue weighted by Crippen LogP contribution is 2.39. The van der Waals surface area contributed by atoms with Gasteiger partial charge in [-0.25, -0.2) is 4.98 Å². The highest BCUT2D eigenvalue weighted by molar-refractivity contribution is 5.96. The number of nitrogens with zero attached hydrogens (tertiary/aromatic N) is 2. The third kappa shape index (κ3) is 5.10. The lowest BCUT2D eigenvalue weighted by molar-refractivity contribution is 0.0939. The molecule has 1 aliphatic rings. The molecular formula is C22H29N3O4. The number of aromatic nitrogens is 1. The number of amides is 1. The molecule has 0 radical (unpaired) electrons. The van der Waals surface area contributed by atoms with Crippen molar-refractivity contribution in [2.75, 3.05) is 37.8 Å². The zero-order chi connectivity index (χ0) is 20.6. The van der Waals surface area contributed by atoms with E-state index in [2.05, 4.69) is 15.2 Å². The van der Waals surface area contributed by atoms with Crippen LogP contribution in [0.4, 0.5) is 5.82 Å². The number of hydrogen-bond donors (Lipinski definition) is 1. The SMILES string of the molecule is CCOc1cc(C(=O)NC2CCN(c3ccccn3)C2)cc(OCC)c1OCC. The van der Waals surface area contributed by atoms with E-state index in [9.17, 15) is 4.79 Å². The van der Waals surface area contributed by atoms with Gasteiger partial charge in [-0.2, -0.15) is 0 Å². The van der Waals surface area contributed by atoms with Crippen LogP contribution in [0, 0.1) is 0 Å². The minimum Gasteiger partial charge on any atom is -0.490 e. The van der Waals surface area contributed by atoms with Crippen LogP contribution >= 0.6 is 0 Å². The first-order chi connectivity index (χ1) is 14.2. The number of carbonyl (C=O) groups excluding carboxylic acids is 1. The molecule has 0 aliphatic carbocycles. The van der Waals surface area contributed by atoms with Crippen LogP contribution in [-0.4, -0.2) is 49.8 Å². The second-order valence-electron chi connectivity index (χ2n) is 6.69. The molecule has 2 heterocycles. The van der Waals surface area contributed by atoms with Crippen LogP contribution in [0.25, 0.3) is 0 Å². The van der Waals surface area contributed by atoms with Crippen LogP contribution < -0.4 is 24.4 Å². The molecule has 1 N–H and O–H groups in total. The minimum atomic E-state index is -0.150. The smallest absolute Gasteiger partial charge is 0.251 e. The lowest BCUT2D eigenvalue weighted by Gasteiger charge is -2.19. The van der Waals surface area contributed by atoms with Crippen molar-refractivity contribution >= 4 is 11.7 Å². The van der Waals surface area contributed by atoms with Gasteiger partial charge in [-0.05, 0) is 51.5 Å². The standard InChI is InChI=1S/C22H29N3O4/c1-4-27-18-13-16(14-19(28-5-2)21(18)29-6-3)22(26)24-17-10-12-25(15-17)20-9-7-8-11-23-20/h7-9,11,13-14,17H,4-6,10,12,15H2,1-3H3,(H,24,26). The molecule has 0 spiro atoms. The Morgan fingerprint density at radius 3 is 2.38 bits per heavy atom. The Balaban J connectivity index is 1.74. The summed E-state index contributed by atoms with van der Waals surface area (Å²) < 4.78 is 17.1. The van der Waals surface area contributed by atoms with E-state index in [1.165, 1.54) is 0 Å². The number of anilines is 1. The summed E-state index contributed by atoms with van der Waals surface area (Å²) in [5, 5.41) is 3.12. The van der Waals surface area contributed by atoms with Gasteiger partial charge in [0.15, 0.2) is 11.5 Å². The van der Waals surface area contributed by atoms with Gasteiger partial charge in [0.2, 0.25) is 5.75 Å². The quantitative estimate of drug-likeness (QED) is 0.698. The van der Waals surface area contributed by atoms with E-state index in [1.54, 1.807) is 18.3 Å². The molecule has 7 heteroatoms. The van der Waals surface area contributed by atoms with Crippen molar-refractivity contribution < 1.29 is 19.0 Å². The topological polar surface area (TPSA) is 72.9 Å². The Morgan fingerprint density at radius 1 is 1.10 bits per heavy atom. The molecule has 1 amide bonds. The highest BCUT2D eigenvalue weighted by Gasteiger charge is 2.26. The van der Waals surface area contributed by atoms with E-state index in [-0.39, 0.29) is 11.9 Å². The van der Waals surface area contributed by atoms with Crippen LogP contribution in [0.15, 0.2) is 36.5 Å². The first-order valence-electron chi connectivity index (χ1n) is 10.2. The van der Waals surface area contributed by atoms with Crippen LogP contribution in [0.2, 0.25) is 0 Å². The summed E-state index contributed by atoms with van der Waals surface area (Å²) in [7, 11) is 0. The average Bonchev–Trinajstić information content (AvgIpc) is 3.19. The summed E-state index contributed by atoms with van der Waals surface area (Å²) in [5.74, 6) is 2.36. The Labute approximate surface area is 172 Å². The van der Waals surface area contributed by atoms with Gasteiger partial charge in [0.25, 0.3) is 5.91 Å². The van der Waals surface area contributed by atoms with Crippen molar-refractivity contribution in [2.24, 2.45) is 0 Å². The highest BCUT2D eigenvalue weighted by atomic mass is 16.5. The summed E-state index contributed by atoms with van der Waals surface area (Å²) in [6.07, 6.45) is 2.65. The van der Waals surface area contributed by atoms with Crippen LogP contribution in [0.3, 0.4) is 0 Å². The Bertz CT molecular complexity index is 786. The summed E-state index contributed by atoms with van der Waals surface area (Å²) in [6, 6.07) is 9.35. The van der Waals surface area contributed by atoms with Crippen molar-refractivity contribution in [3.8, 4) is 17.2 Å². The predicted molar refractivity (Wildman–Crippen MR) is 112 cm³/mol. The summed E-state index contributed by atoms with van der Waals surface area (Å²) in [5.41, 5.74) is 0.497. The molecule has 0 bridgehead atoms. The minimum absolute atomic E-state index is 0.0576. The Morgan fingerprint density at radius 2 is 1.79 bits per heavy atom. The molecule has 2 aromatic rings. The van der Waals surface area contributed by atoms with Crippen molar-refractivity contribution in [3.05, 3.63) is 42.1 Å². The van der Waals surface area contributed by atoms with Gasteiger partial charge in [-0.15, -0.1) is 0 Å². The fourth-order valence-electron chi connectivity index (χ4n) is 3.42. The Kier molecular flexibility index (Phi) is 7.16. The summed E-state index contributed by atoms with van der Waals surface area (Å²) in [6.45, 7) is 8.71. The van der Waals surface area contributed by atoms with Crippen molar-refractivity contribution in [2.45, 2.75) is 33.2 Å². The number of carbonyl (C=O) groups is 1. The number of hydrogen-bond acceptors (Lipinski definition) is 6. The van der Waals surface area contributed by atoms with Gasteiger partial charge in [0.1, 0.15) is 5.82 Å². The molecule has 1 unspecified atom stereocenters. The average molecular weight is 399 g/mol. The molecule has 1 aromatic heterocycles. The Hall–Kier alpha value is -2.96. The number of pyridine rings is 1. The number of rotatable bonds is 9.